The number of pyridine rings is 1. The first-order valence-electron chi connectivity index (χ1n) is 7.42. The normalized spacial score (nSPS) is 12.2. The lowest BCUT2D eigenvalue weighted by atomic mass is 9.95. The molecule has 1 atom stereocenters. The van der Waals surface area contributed by atoms with Crippen molar-refractivity contribution < 1.29 is 9.90 Å². The van der Waals surface area contributed by atoms with Gasteiger partial charge in [-0.15, -0.1) is 0 Å². The van der Waals surface area contributed by atoms with Crippen LogP contribution < -0.4 is 0 Å². The quantitative estimate of drug-likeness (QED) is 0.922. The lowest BCUT2D eigenvalue weighted by molar-refractivity contribution is -0.132. The molecule has 1 aromatic heterocycles. The van der Waals surface area contributed by atoms with Crippen LogP contribution in [-0.2, 0) is 11.2 Å². The maximum absolute atomic E-state index is 12.6. The highest BCUT2D eigenvalue weighted by Gasteiger charge is 2.24. The number of likely N-dealkylation sites (N-methyl/N-ethyl adjacent to an activating group) is 1. The second kappa shape index (κ2) is 7.07. The van der Waals surface area contributed by atoms with E-state index in [-0.39, 0.29) is 23.6 Å². The predicted molar refractivity (Wildman–Crippen MR) is 86.4 cm³/mol. The molecule has 2 rings (SSSR count). The van der Waals surface area contributed by atoms with E-state index in [1.165, 1.54) is 0 Å². The van der Waals surface area contributed by atoms with Crippen LogP contribution in [0, 0.1) is 5.92 Å². The molecule has 22 heavy (non-hydrogen) atoms. The third-order valence-corrected chi connectivity index (χ3v) is 3.76. The van der Waals surface area contributed by atoms with E-state index in [2.05, 4.69) is 18.8 Å². The molecule has 0 aliphatic rings. The summed E-state index contributed by atoms with van der Waals surface area (Å²) in [6, 6.07) is 10.6. The van der Waals surface area contributed by atoms with Crippen molar-refractivity contribution in [3.05, 3.63) is 59.9 Å². The second-order valence-corrected chi connectivity index (χ2v) is 5.82. The second-order valence-electron chi connectivity index (χ2n) is 5.82. The van der Waals surface area contributed by atoms with Gasteiger partial charge in [0.2, 0.25) is 5.91 Å². The van der Waals surface area contributed by atoms with Gasteiger partial charge in [0.25, 0.3) is 0 Å². The maximum Gasteiger partial charge on any atom is 0.227 e. The van der Waals surface area contributed by atoms with Crippen LogP contribution in [0.15, 0.2) is 48.8 Å². The Balaban J connectivity index is 2.14. The highest BCUT2D eigenvalue weighted by Crippen LogP contribution is 2.27. The van der Waals surface area contributed by atoms with Crippen molar-refractivity contribution in [2.24, 2.45) is 5.92 Å². The van der Waals surface area contributed by atoms with E-state index < -0.39 is 0 Å². The fourth-order valence-electron chi connectivity index (χ4n) is 2.67. The summed E-state index contributed by atoms with van der Waals surface area (Å²) in [5.74, 6) is 0.547. The number of hydrogen-bond donors (Lipinski definition) is 1. The van der Waals surface area contributed by atoms with Crippen LogP contribution in [0.5, 0.6) is 5.75 Å². The molecule has 0 saturated heterocycles. The van der Waals surface area contributed by atoms with E-state index >= 15 is 0 Å². The number of phenols is 1. The van der Waals surface area contributed by atoms with Gasteiger partial charge in [-0.25, -0.2) is 0 Å². The first-order chi connectivity index (χ1) is 10.5. The average Bonchev–Trinajstić information content (AvgIpc) is 2.50. The number of hydrogen-bond acceptors (Lipinski definition) is 3. The number of aromatic hydroxyl groups is 1. The fraction of sp³-hybridized carbons (Fsp3) is 0.333. The lowest BCUT2D eigenvalue weighted by Crippen LogP contribution is -2.35. The topological polar surface area (TPSA) is 53.4 Å². The first kappa shape index (κ1) is 16.0. The SMILES string of the molecule is CC(C)[C@@H](c1cccnc1)N(C)C(=O)Cc1ccc(O)cc1. The average molecular weight is 298 g/mol. The minimum Gasteiger partial charge on any atom is -0.508 e. The third kappa shape index (κ3) is 3.85. The summed E-state index contributed by atoms with van der Waals surface area (Å²) in [7, 11) is 1.83. The zero-order valence-corrected chi connectivity index (χ0v) is 13.2. The summed E-state index contributed by atoms with van der Waals surface area (Å²) in [6.07, 6.45) is 3.87. The molecule has 4 nitrogen and oxygen atoms in total. The molecule has 116 valence electrons. The third-order valence-electron chi connectivity index (χ3n) is 3.76. The Bertz CT molecular complexity index is 609. The Morgan fingerprint density at radius 3 is 2.45 bits per heavy atom. The molecule has 0 fully saturated rings. The van der Waals surface area contributed by atoms with Gasteiger partial charge in [-0.2, -0.15) is 0 Å². The van der Waals surface area contributed by atoms with Gasteiger partial charge < -0.3 is 10.0 Å². The van der Waals surface area contributed by atoms with Crippen LogP contribution in [0.25, 0.3) is 0 Å². The number of benzene rings is 1. The minimum atomic E-state index is -0.00156. The van der Waals surface area contributed by atoms with Crippen LogP contribution in [0.4, 0.5) is 0 Å². The molecule has 2 aromatic rings. The lowest BCUT2D eigenvalue weighted by Gasteiger charge is -2.31. The standard InChI is InChI=1S/C18H22N2O2/c1-13(2)18(15-5-4-10-19-12-15)20(3)17(22)11-14-6-8-16(21)9-7-14/h4-10,12-13,18,21H,11H2,1-3H3/t18-/m0/s1. The van der Waals surface area contributed by atoms with Gasteiger partial charge in [0, 0.05) is 19.4 Å². The van der Waals surface area contributed by atoms with Crippen molar-refractivity contribution in [2.75, 3.05) is 7.05 Å². The van der Waals surface area contributed by atoms with Crippen LogP contribution in [-0.4, -0.2) is 27.9 Å². The number of carbonyl (C=O) groups is 1. The molecular weight excluding hydrogens is 276 g/mol. The highest BCUT2D eigenvalue weighted by atomic mass is 16.3. The number of nitrogens with zero attached hydrogens (tertiary/aromatic N) is 2. The molecule has 0 bridgehead atoms. The van der Waals surface area contributed by atoms with Crippen molar-refractivity contribution >= 4 is 5.91 Å². The molecule has 0 unspecified atom stereocenters. The van der Waals surface area contributed by atoms with Gasteiger partial charge in [0.1, 0.15) is 5.75 Å². The summed E-state index contributed by atoms with van der Waals surface area (Å²) >= 11 is 0. The van der Waals surface area contributed by atoms with Crippen molar-refractivity contribution in [2.45, 2.75) is 26.3 Å². The van der Waals surface area contributed by atoms with E-state index in [1.54, 1.807) is 35.4 Å². The number of carbonyl (C=O) groups excluding carboxylic acids is 1. The summed E-state index contributed by atoms with van der Waals surface area (Å²) in [6.45, 7) is 4.20. The number of aromatic nitrogens is 1. The zero-order valence-electron chi connectivity index (χ0n) is 13.2. The Morgan fingerprint density at radius 1 is 1.23 bits per heavy atom. The first-order valence-corrected chi connectivity index (χ1v) is 7.42. The summed E-state index contributed by atoms with van der Waals surface area (Å²) in [5, 5.41) is 9.31. The summed E-state index contributed by atoms with van der Waals surface area (Å²) in [4.78, 5) is 18.5. The van der Waals surface area contributed by atoms with E-state index in [9.17, 15) is 9.90 Å². The number of rotatable bonds is 5. The monoisotopic (exact) mass is 298 g/mol. The van der Waals surface area contributed by atoms with Crippen LogP contribution >= 0.6 is 0 Å². The zero-order chi connectivity index (χ0) is 16.1. The van der Waals surface area contributed by atoms with E-state index in [4.69, 9.17) is 0 Å². The van der Waals surface area contributed by atoms with Gasteiger partial charge in [0.15, 0.2) is 0 Å². The van der Waals surface area contributed by atoms with Gasteiger partial charge in [-0.1, -0.05) is 32.0 Å². The highest BCUT2D eigenvalue weighted by molar-refractivity contribution is 5.79. The summed E-state index contributed by atoms with van der Waals surface area (Å²) < 4.78 is 0. The molecule has 4 heteroatoms. The summed E-state index contributed by atoms with van der Waals surface area (Å²) in [5.41, 5.74) is 1.93. The van der Waals surface area contributed by atoms with Crippen molar-refractivity contribution in [1.29, 1.82) is 0 Å². The van der Waals surface area contributed by atoms with Crippen LogP contribution in [0.1, 0.15) is 31.0 Å². The van der Waals surface area contributed by atoms with Crippen molar-refractivity contribution in [1.82, 2.24) is 9.88 Å². The number of amides is 1. The molecule has 0 saturated carbocycles. The smallest absolute Gasteiger partial charge is 0.227 e. The molecular formula is C18H22N2O2. The van der Waals surface area contributed by atoms with E-state index in [0.717, 1.165) is 11.1 Å². The fourth-order valence-corrected chi connectivity index (χ4v) is 2.67. The molecule has 1 N–H and O–H groups in total. The van der Waals surface area contributed by atoms with Crippen molar-refractivity contribution in [3.63, 3.8) is 0 Å². The van der Waals surface area contributed by atoms with Crippen molar-refractivity contribution in [3.8, 4) is 5.75 Å². The molecule has 0 spiro atoms. The van der Waals surface area contributed by atoms with Gasteiger partial charge >= 0.3 is 0 Å². The van der Waals surface area contributed by atoms with E-state index in [1.807, 2.05) is 25.4 Å². The molecule has 0 aliphatic heterocycles. The molecule has 0 aliphatic carbocycles. The van der Waals surface area contributed by atoms with Gasteiger partial charge in [0.05, 0.1) is 12.5 Å². The largest absolute Gasteiger partial charge is 0.508 e. The van der Waals surface area contributed by atoms with Crippen LogP contribution in [0.3, 0.4) is 0 Å². The maximum atomic E-state index is 12.6. The predicted octanol–water partition coefficient (Wildman–Crippen LogP) is 3.19. The van der Waals surface area contributed by atoms with Crippen LogP contribution in [0.2, 0.25) is 0 Å². The Hall–Kier alpha value is -2.36. The Morgan fingerprint density at radius 2 is 1.91 bits per heavy atom. The Labute approximate surface area is 131 Å². The minimum absolute atomic E-state index is 0.00156. The molecule has 1 heterocycles. The molecule has 0 radical (unpaired) electrons. The van der Waals surface area contributed by atoms with Gasteiger partial charge in [-0.05, 0) is 35.2 Å². The molecule has 1 amide bonds. The Kier molecular flexibility index (Phi) is 5.15. The number of phenolic OH excluding ortho intramolecular Hbond substituents is 1. The molecule has 1 aromatic carbocycles. The van der Waals surface area contributed by atoms with E-state index in [0.29, 0.717) is 6.42 Å². The van der Waals surface area contributed by atoms with Gasteiger partial charge in [-0.3, -0.25) is 9.78 Å².